The zero-order valence-electron chi connectivity index (χ0n) is 31.2. The number of hydrogen-bond donors (Lipinski definition) is 0. The Hall–Kier alpha value is -7.82. The number of fused-ring (bicyclic) bond motifs is 13. The predicted molar refractivity (Wildman–Crippen MR) is 241 cm³/mol. The molecule has 13 aromatic rings. The van der Waals surface area contributed by atoms with Crippen molar-refractivity contribution in [3.63, 3.8) is 0 Å². The predicted octanol–water partition coefficient (Wildman–Crippen LogP) is 15.0. The number of furan rings is 2. The molecule has 0 aliphatic heterocycles. The Balaban J connectivity index is 0.905. The maximum Gasteiger partial charge on any atom is 0.178 e. The zero-order valence-corrected chi connectivity index (χ0v) is 31.2. The minimum absolute atomic E-state index is 0.773. The van der Waals surface area contributed by atoms with Crippen LogP contribution in [-0.4, -0.2) is 9.13 Å². The van der Waals surface area contributed by atoms with E-state index in [0.717, 1.165) is 77.5 Å². The van der Waals surface area contributed by atoms with Crippen molar-refractivity contribution >= 4 is 87.5 Å². The van der Waals surface area contributed by atoms with E-state index in [0.29, 0.717) is 0 Å². The third-order valence-corrected chi connectivity index (χ3v) is 12.1. The number of para-hydroxylation sites is 4. The molecule has 4 aromatic heterocycles. The average Bonchev–Trinajstić information content (AvgIpc) is 4.04. The zero-order chi connectivity index (χ0) is 37.9. The fourth-order valence-electron chi connectivity index (χ4n) is 9.48. The van der Waals surface area contributed by atoms with E-state index in [1.54, 1.807) is 0 Å². The first kappa shape index (κ1) is 31.4. The van der Waals surface area contributed by atoms with Crippen LogP contribution in [-0.2, 0) is 0 Å². The first-order valence-electron chi connectivity index (χ1n) is 19.7. The minimum Gasteiger partial charge on any atom is -0.452 e. The summed E-state index contributed by atoms with van der Waals surface area (Å²) in [6.07, 6.45) is 0. The lowest BCUT2D eigenvalue weighted by Crippen LogP contribution is -1.94. The second-order valence-corrected chi connectivity index (χ2v) is 15.3. The van der Waals surface area contributed by atoms with Crippen LogP contribution in [0, 0.1) is 0 Å². The lowest BCUT2D eigenvalue weighted by molar-refractivity contribution is 0.633. The van der Waals surface area contributed by atoms with E-state index in [1.165, 1.54) is 43.6 Å². The van der Waals surface area contributed by atoms with Gasteiger partial charge in [-0.25, -0.2) is 0 Å². The van der Waals surface area contributed by atoms with Crippen LogP contribution in [0.5, 0.6) is 0 Å². The summed E-state index contributed by atoms with van der Waals surface area (Å²) in [5, 5.41) is 9.25. The van der Waals surface area contributed by atoms with Crippen molar-refractivity contribution in [1.82, 2.24) is 9.13 Å². The average molecular weight is 741 g/mol. The summed E-state index contributed by atoms with van der Waals surface area (Å²) < 4.78 is 17.9. The van der Waals surface area contributed by atoms with Gasteiger partial charge in [-0.1, -0.05) is 109 Å². The van der Waals surface area contributed by atoms with E-state index in [2.05, 4.69) is 203 Å². The van der Waals surface area contributed by atoms with Gasteiger partial charge in [0, 0.05) is 54.5 Å². The second kappa shape index (κ2) is 11.8. The molecule has 4 heteroatoms. The summed E-state index contributed by atoms with van der Waals surface area (Å²) in [6.45, 7) is 0. The molecule has 0 aliphatic carbocycles. The molecule has 9 aromatic carbocycles. The summed E-state index contributed by atoms with van der Waals surface area (Å²) >= 11 is 0. The Morgan fingerprint density at radius 1 is 0.259 bits per heavy atom. The van der Waals surface area contributed by atoms with Gasteiger partial charge < -0.3 is 18.0 Å². The molecule has 0 bridgehead atoms. The fourth-order valence-corrected chi connectivity index (χ4v) is 9.48. The maximum atomic E-state index is 6.61. The summed E-state index contributed by atoms with van der Waals surface area (Å²) in [5.74, 6) is 0. The Labute approximate surface area is 332 Å². The van der Waals surface area contributed by atoms with Crippen LogP contribution in [0.15, 0.2) is 203 Å². The third-order valence-electron chi connectivity index (χ3n) is 12.1. The minimum atomic E-state index is 0.773. The van der Waals surface area contributed by atoms with E-state index in [1.807, 2.05) is 0 Å². The normalized spacial score (nSPS) is 12.1. The highest BCUT2D eigenvalue weighted by Crippen LogP contribution is 2.42. The van der Waals surface area contributed by atoms with Crippen LogP contribution in [0.3, 0.4) is 0 Å². The van der Waals surface area contributed by atoms with E-state index < -0.39 is 0 Å². The molecule has 0 radical (unpaired) electrons. The molecule has 13 rings (SSSR count). The number of nitrogens with zero attached hydrogens (tertiary/aromatic N) is 2. The van der Waals surface area contributed by atoms with Gasteiger partial charge in [0.2, 0.25) is 0 Å². The molecule has 0 N–H and O–H groups in total. The smallest absolute Gasteiger partial charge is 0.178 e. The molecule has 0 aliphatic rings. The molecule has 0 atom stereocenters. The standard InChI is InChI=1S/C54H32N2O2/c1-5-19-47-39(15-1)40-16-2-6-20-48(40)55(47)37-13-9-11-33(29-37)35-23-27-51-45(31-35)43-25-26-44-46-32-36(24-28-52(46)58-54(44)53(43)57-51)34-12-10-14-38(30-34)56-49-21-7-3-17-41(49)42-18-4-8-22-50(42)56/h1-32H. The summed E-state index contributed by atoms with van der Waals surface area (Å²) in [7, 11) is 0. The molecule has 0 saturated heterocycles. The van der Waals surface area contributed by atoms with Crippen LogP contribution in [0.25, 0.3) is 121 Å². The molecule has 4 nitrogen and oxygen atoms in total. The highest BCUT2D eigenvalue weighted by atomic mass is 16.4. The second-order valence-electron chi connectivity index (χ2n) is 15.3. The third kappa shape index (κ3) is 4.45. The molecule has 0 spiro atoms. The lowest BCUT2D eigenvalue weighted by atomic mass is 10.0. The molecular formula is C54H32N2O2. The molecular weight excluding hydrogens is 709 g/mol. The monoisotopic (exact) mass is 740 g/mol. The van der Waals surface area contributed by atoms with Gasteiger partial charge in [0.1, 0.15) is 11.2 Å². The van der Waals surface area contributed by atoms with Crippen molar-refractivity contribution in [3.05, 3.63) is 194 Å². The summed E-state index contributed by atoms with van der Waals surface area (Å²) in [4.78, 5) is 0. The summed E-state index contributed by atoms with van der Waals surface area (Å²) in [5.41, 5.74) is 14.9. The number of benzene rings is 9. The van der Waals surface area contributed by atoms with Crippen LogP contribution in [0.4, 0.5) is 0 Å². The van der Waals surface area contributed by atoms with Gasteiger partial charge in [0.15, 0.2) is 11.2 Å². The van der Waals surface area contributed by atoms with Gasteiger partial charge in [-0.15, -0.1) is 0 Å². The van der Waals surface area contributed by atoms with Crippen molar-refractivity contribution < 1.29 is 8.83 Å². The first-order valence-corrected chi connectivity index (χ1v) is 19.7. The van der Waals surface area contributed by atoms with Gasteiger partial charge in [-0.05, 0) is 107 Å². The van der Waals surface area contributed by atoms with Crippen molar-refractivity contribution in [1.29, 1.82) is 0 Å². The number of aromatic nitrogens is 2. The maximum absolute atomic E-state index is 6.61. The summed E-state index contributed by atoms with van der Waals surface area (Å²) in [6, 6.07) is 69.6. The Kier molecular flexibility index (Phi) is 6.41. The Bertz CT molecular complexity index is 3460. The van der Waals surface area contributed by atoms with Crippen molar-refractivity contribution in [3.8, 4) is 33.6 Å². The topological polar surface area (TPSA) is 36.1 Å². The van der Waals surface area contributed by atoms with E-state index in [-0.39, 0.29) is 0 Å². The van der Waals surface area contributed by atoms with Gasteiger partial charge in [0.25, 0.3) is 0 Å². The molecule has 0 amide bonds. The van der Waals surface area contributed by atoms with Gasteiger partial charge in [-0.3, -0.25) is 0 Å². The van der Waals surface area contributed by atoms with Gasteiger partial charge >= 0.3 is 0 Å². The lowest BCUT2D eigenvalue weighted by Gasteiger charge is -2.10. The molecule has 4 heterocycles. The van der Waals surface area contributed by atoms with E-state index in [9.17, 15) is 0 Å². The SMILES string of the molecule is c1cc(-c2ccc3oc4c(ccc5c6cc(-c7cccc(-n8c9ccccc9c9ccccc98)c7)ccc6oc54)c3c2)cc(-n2c3ccccc3c3ccccc32)c1. The van der Waals surface area contributed by atoms with Gasteiger partial charge in [0.05, 0.1) is 22.1 Å². The number of rotatable bonds is 4. The van der Waals surface area contributed by atoms with Crippen LogP contribution in [0.2, 0.25) is 0 Å². The molecule has 0 fully saturated rings. The molecule has 270 valence electrons. The van der Waals surface area contributed by atoms with Crippen molar-refractivity contribution in [2.24, 2.45) is 0 Å². The first-order chi connectivity index (χ1) is 28.7. The van der Waals surface area contributed by atoms with Crippen LogP contribution < -0.4 is 0 Å². The van der Waals surface area contributed by atoms with E-state index in [4.69, 9.17) is 8.83 Å². The highest BCUT2D eigenvalue weighted by molar-refractivity contribution is 6.19. The van der Waals surface area contributed by atoms with E-state index >= 15 is 0 Å². The Morgan fingerprint density at radius 2 is 0.621 bits per heavy atom. The van der Waals surface area contributed by atoms with Crippen LogP contribution >= 0.6 is 0 Å². The molecule has 58 heavy (non-hydrogen) atoms. The fraction of sp³-hybridized carbons (Fsp3) is 0. The van der Waals surface area contributed by atoms with Crippen molar-refractivity contribution in [2.75, 3.05) is 0 Å². The Morgan fingerprint density at radius 3 is 1.02 bits per heavy atom. The van der Waals surface area contributed by atoms with Gasteiger partial charge in [-0.2, -0.15) is 0 Å². The molecule has 0 unspecified atom stereocenters. The number of hydrogen-bond acceptors (Lipinski definition) is 2. The highest BCUT2D eigenvalue weighted by Gasteiger charge is 2.19. The van der Waals surface area contributed by atoms with Crippen LogP contribution in [0.1, 0.15) is 0 Å². The van der Waals surface area contributed by atoms with Crippen molar-refractivity contribution in [2.45, 2.75) is 0 Å². The largest absolute Gasteiger partial charge is 0.452 e. The quantitative estimate of drug-likeness (QED) is 0.180. The molecule has 0 saturated carbocycles.